The number of benzene rings is 2. The normalized spacial score (nSPS) is 14.2. The third-order valence-corrected chi connectivity index (χ3v) is 5.35. The van der Waals surface area contributed by atoms with Crippen LogP contribution < -0.4 is 19.8 Å². The minimum Gasteiger partial charge on any atom is -0.493 e. The van der Waals surface area contributed by atoms with Gasteiger partial charge in [0.1, 0.15) is 7.85 Å². The van der Waals surface area contributed by atoms with E-state index in [1.54, 1.807) is 14.2 Å². The summed E-state index contributed by atoms with van der Waals surface area (Å²) in [5.41, 5.74) is 7.93. The molecule has 1 aromatic heterocycles. The number of nitrogens with one attached hydrogen (secondary N) is 1. The van der Waals surface area contributed by atoms with E-state index in [1.165, 1.54) is 22.4 Å². The Morgan fingerprint density at radius 3 is 2.69 bits per heavy atom. The monoisotopic (exact) mass is 343 g/mol. The summed E-state index contributed by atoms with van der Waals surface area (Å²) in [7, 11) is 9.26. The first-order chi connectivity index (χ1) is 12.7. The van der Waals surface area contributed by atoms with E-state index in [1.807, 2.05) is 12.1 Å². The fraction of sp³-hybridized carbons (Fsp3) is 0.250. The molecule has 26 heavy (non-hydrogen) atoms. The Kier molecular flexibility index (Phi) is 3.29. The Morgan fingerprint density at radius 2 is 1.88 bits per heavy atom. The number of anilines is 2. The van der Waals surface area contributed by atoms with E-state index in [9.17, 15) is 0 Å². The zero-order valence-corrected chi connectivity index (χ0v) is 14.8. The molecule has 128 valence electrons. The summed E-state index contributed by atoms with van der Waals surface area (Å²) >= 11 is 0. The molecule has 5 nitrogen and oxygen atoms in total. The summed E-state index contributed by atoms with van der Waals surface area (Å²) < 4.78 is 10.9. The molecule has 0 spiro atoms. The van der Waals surface area contributed by atoms with E-state index in [0.29, 0.717) is 0 Å². The van der Waals surface area contributed by atoms with E-state index in [2.05, 4.69) is 33.3 Å². The third kappa shape index (κ3) is 2.08. The van der Waals surface area contributed by atoms with Crippen molar-refractivity contribution in [2.45, 2.75) is 12.8 Å². The van der Waals surface area contributed by atoms with Gasteiger partial charge in [-0.25, -0.2) is 0 Å². The lowest BCUT2D eigenvalue weighted by atomic mass is 9.93. The first-order valence-corrected chi connectivity index (χ1v) is 8.68. The number of aromatic amines is 1. The third-order valence-electron chi connectivity index (χ3n) is 5.35. The number of methoxy groups -OCH3 is 2. The number of aromatic nitrogens is 2. The van der Waals surface area contributed by atoms with Gasteiger partial charge in [0, 0.05) is 29.8 Å². The molecular weight excluding hydrogens is 325 g/mol. The maximum absolute atomic E-state index is 5.93. The number of fused-ring (bicyclic) bond motifs is 4. The molecule has 3 aromatic rings. The van der Waals surface area contributed by atoms with Crippen LogP contribution in [0.15, 0.2) is 30.3 Å². The van der Waals surface area contributed by atoms with Gasteiger partial charge < -0.3 is 14.4 Å². The zero-order valence-electron chi connectivity index (χ0n) is 14.8. The predicted molar refractivity (Wildman–Crippen MR) is 102 cm³/mol. The van der Waals surface area contributed by atoms with E-state index in [0.717, 1.165) is 53.4 Å². The maximum atomic E-state index is 5.93. The fourth-order valence-corrected chi connectivity index (χ4v) is 4.10. The minimum absolute atomic E-state index is 0.734. The molecule has 0 bridgehead atoms. The lowest BCUT2D eigenvalue weighted by Gasteiger charge is -2.18. The lowest BCUT2D eigenvalue weighted by molar-refractivity contribution is 0.355. The molecule has 0 saturated carbocycles. The van der Waals surface area contributed by atoms with Crippen molar-refractivity contribution in [2.75, 3.05) is 25.7 Å². The largest absolute Gasteiger partial charge is 0.493 e. The highest BCUT2D eigenvalue weighted by atomic mass is 16.5. The van der Waals surface area contributed by atoms with E-state index < -0.39 is 0 Å². The number of hydrogen-bond donors (Lipinski definition) is 1. The van der Waals surface area contributed by atoms with Crippen molar-refractivity contribution in [3.63, 3.8) is 0 Å². The van der Waals surface area contributed by atoms with Crippen molar-refractivity contribution in [1.82, 2.24) is 10.2 Å². The number of hydrogen-bond acceptors (Lipinski definition) is 4. The number of ether oxygens (including phenoxy) is 2. The average Bonchev–Trinajstić information content (AvgIpc) is 3.32. The van der Waals surface area contributed by atoms with Crippen molar-refractivity contribution in [1.29, 1.82) is 0 Å². The van der Waals surface area contributed by atoms with Crippen LogP contribution in [0.5, 0.6) is 11.5 Å². The van der Waals surface area contributed by atoms with Crippen LogP contribution >= 0.6 is 0 Å². The van der Waals surface area contributed by atoms with Crippen LogP contribution in [0, 0.1) is 0 Å². The summed E-state index contributed by atoms with van der Waals surface area (Å²) in [6, 6.07) is 10.2. The Morgan fingerprint density at radius 1 is 1.08 bits per heavy atom. The molecule has 1 aliphatic carbocycles. The molecule has 2 aliphatic rings. The van der Waals surface area contributed by atoms with Crippen molar-refractivity contribution >= 4 is 24.8 Å². The highest BCUT2D eigenvalue weighted by Gasteiger charge is 2.31. The Labute approximate surface area is 153 Å². The van der Waals surface area contributed by atoms with Gasteiger partial charge in [-0.15, -0.1) is 0 Å². The van der Waals surface area contributed by atoms with Crippen LogP contribution in [0.1, 0.15) is 16.7 Å². The van der Waals surface area contributed by atoms with Crippen molar-refractivity contribution in [2.24, 2.45) is 0 Å². The van der Waals surface area contributed by atoms with Gasteiger partial charge in [-0.3, -0.25) is 5.10 Å². The van der Waals surface area contributed by atoms with Crippen LogP contribution in [-0.4, -0.2) is 38.8 Å². The highest BCUT2D eigenvalue weighted by molar-refractivity contribution is 6.32. The van der Waals surface area contributed by atoms with Gasteiger partial charge in [0.2, 0.25) is 0 Å². The summed E-state index contributed by atoms with van der Waals surface area (Å²) in [6.45, 7) is 0.916. The second-order valence-corrected chi connectivity index (χ2v) is 6.73. The minimum atomic E-state index is 0.734. The van der Waals surface area contributed by atoms with Gasteiger partial charge in [0.15, 0.2) is 17.3 Å². The van der Waals surface area contributed by atoms with Crippen LogP contribution in [0.25, 0.3) is 11.3 Å². The van der Waals surface area contributed by atoms with E-state index in [4.69, 9.17) is 17.3 Å². The van der Waals surface area contributed by atoms with Crippen LogP contribution in [0.3, 0.4) is 0 Å². The Hall–Kier alpha value is -2.89. The molecule has 0 atom stereocenters. The Balaban J connectivity index is 1.58. The number of nitrogens with zero attached hydrogens (tertiary/aromatic N) is 2. The molecule has 0 amide bonds. The number of rotatable bonds is 3. The van der Waals surface area contributed by atoms with Gasteiger partial charge in [-0.05, 0) is 35.7 Å². The highest BCUT2D eigenvalue weighted by Crippen LogP contribution is 2.46. The zero-order chi connectivity index (χ0) is 17.8. The standard InChI is InChI=1S/C20H18BN3O2/c1-25-17-9-12-8-15-19(14(12)10-18(17)26-2)22-23-20(15)24-6-5-11-7-13(21)3-4-16(11)24/h3-4,7,9-10H,5-6,8H2,1-2H3,(H,22,23). The second-order valence-electron chi connectivity index (χ2n) is 6.73. The fourth-order valence-electron chi connectivity index (χ4n) is 4.10. The first-order valence-electron chi connectivity index (χ1n) is 8.68. The summed E-state index contributed by atoms with van der Waals surface area (Å²) in [5, 5.41) is 7.87. The summed E-state index contributed by atoms with van der Waals surface area (Å²) in [5.74, 6) is 2.49. The van der Waals surface area contributed by atoms with Gasteiger partial charge in [-0.2, -0.15) is 5.10 Å². The second kappa shape index (κ2) is 5.56. The molecule has 1 aliphatic heterocycles. The van der Waals surface area contributed by atoms with Gasteiger partial charge in [0.05, 0.1) is 19.9 Å². The van der Waals surface area contributed by atoms with Crippen molar-refractivity contribution in [3.8, 4) is 22.8 Å². The molecule has 2 heterocycles. The maximum Gasteiger partial charge on any atom is 0.161 e. The lowest BCUT2D eigenvalue weighted by Crippen LogP contribution is -2.15. The molecule has 6 heteroatoms. The summed E-state index contributed by atoms with van der Waals surface area (Å²) in [6.07, 6.45) is 1.81. The molecular formula is C20H18BN3O2. The molecule has 2 aromatic carbocycles. The van der Waals surface area contributed by atoms with Gasteiger partial charge >= 0.3 is 0 Å². The Bertz CT molecular complexity index is 1030. The van der Waals surface area contributed by atoms with Crippen LogP contribution in [0.4, 0.5) is 11.5 Å². The van der Waals surface area contributed by atoms with E-state index in [-0.39, 0.29) is 0 Å². The van der Waals surface area contributed by atoms with Gasteiger partial charge in [-0.1, -0.05) is 17.6 Å². The van der Waals surface area contributed by atoms with Crippen molar-refractivity contribution in [3.05, 3.63) is 47.0 Å². The molecule has 0 saturated heterocycles. The molecule has 0 fully saturated rings. The van der Waals surface area contributed by atoms with Crippen LogP contribution in [-0.2, 0) is 12.8 Å². The summed E-state index contributed by atoms with van der Waals surface area (Å²) in [4.78, 5) is 2.28. The quantitative estimate of drug-likeness (QED) is 0.581. The molecule has 0 unspecified atom stereocenters. The molecule has 1 N–H and O–H groups in total. The molecule has 2 radical (unpaired) electrons. The predicted octanol–water partition coefficient (Wildman–Crippen LogP) is 2.49. The smallest absolute Gasteiger partial charge is 0.161 e. The van der Waals surface area contributed by atoms with Gasteiger partial charge in [0.25, 0.3) is 0 Å². The van der Waals surface area contributed by atoms with Crippen LogP contribution in [0.2, 0.25) is 0 Å². The topological polar surface area (TPSA) is 50.4 Å². The first kappa shape index (κ1) is 15.4. The van der Waals surface area contributed by atoms with Crippen molar-refractivity contribution < 1.29 is 9.47 Å². The number of H-pyrrole nitrogens is 1. The molecule has 5 rings (SSSR count). The van der Waals surface area contributed by atoms with E-state index >= 15 is 0 Å². The average molecular weight is 343 g/mol. The SMILES string of the molecule is [B]c1ccc2c(c1)CCN2c1n[nH]c2c1Cc1cc(OC)c(OC)cc1-2.